The lowest BCUT2D eigenvalue weighted by Crippen LogP contribution is -2.60. The first-order valence-electron chi connectivity index (χ1n) is 15.4. The molecule has 7 rings (SSSR count). The summed E-state index contributed by atoms with van der Waals surface area (Å²) in [6, 6.07) is 22.3. The third kappa shape index (κ3) is 4.93. The molecule has 1 saturated heterocycles. The van der Waals surface area contributed by atoms with Crippen LogP contribution in [-0.4, -0.2) is 67.0 Å². The molecule has 0 saturated carbocycles. The van der Waals surface area contributed by atoms with Crippen molar-refractivity contribution in [2.45, 2.75) is 24.3 Å². The van der Waals surface area contributed by atoms with Crippen LogP contribution in [-0.2, 0) is 20.4 Å². The minimum atomic E-state index is -4.55. The van der Waals surface area contributed by atoms with Crippen LogP contribution in [0.15, 0.2) is 90.1 Å². The second-order valence-corrected chi connectivity index (χ2v) is 13.7. The van der Waals surface area contributed by atoms with Gasteiger partial charge in [0.15, 0.2) is 5.54 Å². The second-order valence-electron chi connectivity index (χ2n) is 11.5. The molecule has 3 aromatic heterocycles. The number of nitriles is 1. The van der Waals surface area contributed by atoms with Crippen molar-refractivity contribution in [1.29, 1.82) is 5.26 Å². The number of hydrogen-bond acceptors (Lipinski definition) is 10. The molecule has 1 amide bonds. The Labute approximate surface area is 283 Å². The van der Waals surface area contributed by atoms with Crippen molar-refractivity contribution < 1.29 is 17.9 Å². The van der Waals surface area contributed by atoms with E-state index in [0.29, 0.717) is 42.7 Å². The third-order valence-electron chi connectivity index (χ3n) is 8.84. The van der Waals surface area contributed by atoms with Crippen LogP contribution in [0.2, 0.25) is 5.15 Å². The molecule has 5 aromatic rings. The summed E-state index contributed by atoms with van der Waals surface area (Å²) in [5.74, 6) is -0.635. The summed E-state index contributed by atoms with van der Waals surface area (Å²) in [6.07, 6.45) is 3.28. The average molecular weight is 680 g/mol. The summed E-state index contributed by atoms with van der Waals surface area (Å²) in [5, 5.41) is 10.8. The molecule has 0 aliphatic carbocycles. The first kappa shape index (κ1) is 31.5. The Morgan fingerprint density at radius 2 is 1.75 bits per heavy atom. The number of carbonyl (C=O) groups excluding carboxylic acids is 1. The van der Waals surface area contributed by atoms with Crippen LogP contribution >= 0.6 is 11.6 Å². The number of fused-ring (bicyclic) bond motifs is 2. The maximum absolute atomic E-state index is 15.4. The fraction of sp³-hybridized carbons (Fsp3) is 0.229. The van der Waals surface area contributed by atoms with Gasteiger partial charge in [-0.2, -0.15) is 5.26 Å². The summed E-state index contributed by atoms with van der Waals surface area (Å²) in [6.45, 7) is 5.71. The van der Waals surface area contributed by atoms with Gasteiger partial charge in [0.05, 0.1) is 29.4 Å². The van der Waals surface area contributed by atoms with Gasteiger partial charge in [-0.15, -0.1) is 0 Å². The minimum absolute atomic E-state index is 0.102. The van der Waals surface area contributed by atoms with Crippen molar-refractivity contribution in [3.8, 4) is 11.9 Å². The number of nitrogens with zero attached hydrogens (tertiary/aromatic N) is 7. The van der Waals surface area contributed by atoms with Gasteiger partial charge in [-0.3, -0.25) is 19.7 Å². The van der Waals surface area contributed by atoms with Crippen LogP contribution in [0.3, 0.4) is 0 Å². The molecule has 0 spiro atoms. The Kier molecular flexibility index (Phi) is 7.99. The number of halogens is 1. The van der Waals surface area contributed by atoms with Gasteiger partial charge in [-0.05, 0) is 68.4 Å². The summed E-state index contributed by atoms with van der Waals surface area (Å²) in [4.78, 5) is 32.6. The van der Waals surface area contributed by atoms with Crippen LogP contribution in [0.5, 0.6) is 5.88 Å². The number of para-hydroxylation sites is 1. The molecular weight excluding hydrogens is 650 g/mol. The zero-order valence-corrected chi connectivity index (χ0v) is 27.7. The number of pyridine rings is 3. The molecule has 1 fully saturated rings. The van der Waals surface area contributed by atoms with Crippen LogP contribution in [0.4, 0.5) is 11.4 Å². The van der Waals surface area contributed by atoms with Crippen molar-refractivity contribution in [2.75, 3.05) is 42.0 Å². The molecule has 11 nitrogen and oxygen atoms in total. The monoisotopic (exact) mass is 679 g/mol. The van der Waals surface area contributed by atoms with E-state index in [0.717, 1.165) is 15.7 Å². The van der Waals surface area contributed by atoms with Crippen molar-refractivity contribution >= 4 is 49.8 Å². The fourth-order valence-corrected chi connectivity index (χ4v) is 8.54. The predicted molar refractivity (Wildman–Crippen MR) is 182 cm³/mol. The van der Waals surface area contributed by atoms with Gasteiger partial charge in [-0.25, -0.2) is 17.7 Å². The maximum Gasteiger partial charge on any atom is 0.273 e. The lowest BCUT2D eigenvalue weighted by molar-refractivity contribution is -0.127. The van der Waals surface area contributed by atoms with E-state index < -0.39 is 21.5 Å². The highest BCUT2D eigenvalue weighted by atomic mass is 35.5. The lowest BCUT2D eigenvalue weighted by atomic mass is 9.81. The molecule has 2 aromatic carbocycles. The summed E-state index contributed by atoms with van der Waals surface area (Å²) in [7, 11) is -4.55. The van der Waals surface area contributed by atoms with Gasteiger partial charge in [0.25, 0.3) is 15.9 Å². The normalized spacial score (nSPS) is 18.2. The first-order valence-corrected chi connectivity index (χ1v) is 17.2. The molecule has 48 heavy (non-hydrogen) atoms. The molecule has 0 bridgehead atoms. The van der Waals surface area contributed by atoms with Crippen molar-refractivity contribution in [3.05, 3.63) is 113 Å². The molecule has 1 unspecified atom stereocenters. The molecule has 13 heteroatoms. The van der Waals surface area contributed by atoms with Gasteiger partial charge < -0.3 is 9.64 Å². The number of piperazine rings is 1. The molecule has 242 valence electrons. The summed E-state index contributed by atoms with van der Waals surface area (Å²) >= 11 is 6.35. The Bertz CT molecular complexity index is 2230. The summed E-state index contributed by atoms with van der Waals surface area (Å²) in [5.41, 5.74) is 1.45. The largest absolute Gasteiger partial charge is 0.478 e. The quantitative estimate of drug-likeness (QED) is 0.215. The van der Waals surface area contributed by atoms with E-state index in [9.17, 15) is 13.7 Å². The molecule has 2 aliphatic heterocycles. The number of hydrogen-bond donors (Lipinski definition) is 0. The first-order chi connectivity index (χ1) is 23.2. The third-order valence-corrected chi connectivity index (χ3v) is 10.8. The molecule has 2 aliphatic rings. The zero-order valence-electron chi connectivity index (χ0n) is 26.2. The van der Waals surface area contributed by atoms with Crippen LogP contribution < -0.4 is 13.9 Å². The van der Waals surface area contributed by atoms with E-state index in [2.05, 4.69) is 25.9 Å². The van der Waals surface area contributed by atoms with Crippen molar-refractivity contribution in [2.24, 2.45) is 0 Å². The van der Waals surface area contributed by atoms with Gasteiger partial charge in [0.1, 0.15) is 10.0 Å². The highest BCUT2D eigenvalue weighted by Crippen LogP contribution is 2.53. The van der Waals surface area contributed by atoms with E-state index in [4.69, 9.17) is 16.3 Å². The van der Waals surface area contributed by atoms with Crippen LogP contribution in [0, 0.1) is 18.3 Å². The van der Waals surface area contributed by atoms with E-state index in [1.807, 2.05) is 24.0 Å². The molecule has 5 heterocycles. The molecule has 0 radical (unpaired) electrons. The standard InChI is InChI=1S/C35H30ClN7O4S/c1-3-47-33-27(10-12-31(36)40-33)35(42-18-16-41(17-19-42)26-13-15-38-23(2)20-26)28-21-24(22-37)9-11-29(28)43(34(35)44)48(45,46)30-8-4-6-25-7-5-14-39-32(25)30/h4-15,20-21H,3,16-19H2,1-2H3. The predicted octanol–water partition coefficient (Wildman–Crippen LogP) is 5.06. The zero-order chi connectivity index (χ0) is 33.6. The lowest BCUT2D eigenvalue weighted by Gasteiger charge is -2.45. The number of benzene rings is 2. The number of rotatable bonds is 7. The highest BCUT2D eigenvalue weighted by Gasteiger charge is 2.61. The number of ether oxygens (including phenoxy) is 1. The van der Waals surface area contributed by atoms with E-state index in [1.165, 1.54) is 24.4 Å². The van der Waals surface area contributed by atoms with Crippen molar-refractivity contribution in [1.82, 2.24) is 19.9 Å². The van der Waals surface area contributed by atoms with E-state index in [-0.39, 0.29) is 39.3 Å². The average Bonchev–Trinajstić information content (AvgIpc) is 3.36. The van der Waals surface area contributed by atoms with Gasteiger partial charge in [0, 0.05) is 66.5 Å². The number of aromatic nitrogens is 3. The Morgan fingerprint density at radius 1 is 0.958 bits per heavy atom. The Balaban J connectivity index is 1.46. The van der Waals surface area contributed by atoms with Crippen molar-refractivity contribution in [3.63, 3.8) is 0 Å². The van der Waals surface area contributed by atoms with E-state index >= 15 is 4.79 Å². The summed E-state index contributed by atoms with van der Waals surface area (Å²) < 4.78 is 36.5. The fourth-order valence-electron chi connectivity index (χ4n) is 6.77. The number of anilines is 2. The molecular formula is C35H30ClN7O4S. The molecule has 0 N–H and O–H groups in total. The number of sulfonamides is 1. The SMILES string of the molecule is CCOc1nc(Cl)ccc1C1(N2CCN(c3ccnc(C)c3)CC2)C(=O)N(S(=O)(=O)c2cccc3cccnc23)c2ccc(C#N)cc21. The van der Waals surface area contributed by atoms with Crippen LogP contribution in [0.25, 0.3) is 10.9 Å². The second kappa shape index (κ2) is 12.2. The number of aryl methyl sites for hydroxylation is 1. The smallest absolute Gasteiger partial charge is 0.273 e. The Hall–Kier alpha value is -5.09. The van der Waals surface area contributed by atoms with Gasteiger partial charge in [-0.1, -0.05) is 29.8 Å². The Morgan fingerprint density at radius 3 is 2.50 bits per heavy atom. The highest BCUT2D eigenvalue weighted by molar-refractivity contribution is 7.93. The minimum Gasteiger partial charge on any atom is -0.478 e. The van der Waals surface area contributed by atoms with Crippen LogP contribution in [0.1, 0.15) is 29.3 Å². The van der Waals surface area contributed by atoms with E-state index in [1.54, 1.807) is 55.6 Å². The van der Waals surface area contributed by atoms with Gasteiger partial charge >= 0.3 is 0 Å². The number of carbonyl (C=O) groups is 1. The molecule has 1 atom stereocenters. The topological polar surface area (TPSA) is 133 Å². The maximum atomic E-state index is 15.4. The van der Waals surface area contributed by atoms with Gasteiger partial charge in [0.2, 0.25) is 5.88 Å². The number of amides is 1.